The van der Waals surface area contributed by atoms with Crippen molar-refractivity contribution in [1.29, 1.82) is 0 Å². The highest BCUT2D eigenvalue weighted by Gasteiger charge is 2.66. The van der Waals surface area contributed by atoms with E-state index in [4.69, 9.17) is 56.8 Å². The first kappa shape index (κ1) is 36.1. The summed E-state index contributed by atoms with van der Waals surface area (Å²) in [6.45, 7) is 7.28. The molecule has 6 saturated heterocycles. The van der Waals surface area contributed by atoms with Crippen LogP contribution in [0, 0.1) is 5.92 Å². The lowest BCUT2D eigenvalue weighted by molar-refractivity contribution is -0.0522. The molecule has 6 atom stereocenters. The van der Waals surface area contributed by atoms with Gasteiger partial charge in [0.2, 0.25) is 0 Å². The van der Waals surface area contributed by atoms with Crippen LogP contribution in [0.25, 0.3) is 0 Å². The third-order valence-electron chi connectivity index (χ3n) is 13.6. The first-order chi connectivity index (χ1) is 28.5. The summed E-state index contributed by atoms with van der Waals surface area (Å²) in [4.78, 5) is 0. The van der Waals surface area contributed by atoms with Crippen LogP contribution in [0.15, 0.2) is 54.6 Å². The maximum atomic E-state index is 6.83. The van der Waals surface area contributed by atoms with Crippen LogP contribution in [-0.4, -0.2) is 116 Å². The number of ether oxygens (including phenoxy) is 12. The fourth-order valence-electron chi connectivity index (χ4n) is 11.0. The van der Waals surface area contributed by atoms with Crippen molar-refractivity contribution in [1.82, 2.24) is 0 Å². The van der Waals surface area contributed by atoms with Crippen LogP contribution in [-0.2, 0) is 44.7 Å². The van der Waals surface area contributed by atoms with Crippen molar-refractivity contribution in [2.75, 3.05) is 79.3 Å². The zero-order valence-corrected chi connectivity index (χ0v) is 32.9. The monoisotopic (exact) mass is 796 g/mol. The third kappa shape index (κ3) is 7.28. The first-order valence-corrected chi connectivity index (χ1v) is 21.4. The van der Waals surface area contributed by atoms with Gasteiger partial charge in [-0.15, -0.1) is 0 Å². The van der Waals surface area contributed by atoms with Crippen molar-refractivity contribution in [3.8, 4) is 34.5 Å². The van der Waals surface area contributed by atoms with Crippen molar-refractivity contribution in [3.63, 3.8) is 0 Å². The lowest BCUT2D eigenvalue weighted by Crippen LogP contribution is -2.62. The SMILES string of the molecule is c1cc(OCC2CO2)c(OCC2CO2)c(C23CC4CC(c5cccc(OCC6CO6)c5OCC5CO5)(C2)CC(c2cccc(OCC5CO5)c2OCC2CO2)(C4)C3)c1. The van der Waals surface area contributed by atoms with Crippen LogP contribution in [0.3, 0.4) is 0 Å². The van der Waals surface area contributed by atoms with Crippen molar-refractivity contribution >= 4 is 0 Å². The molecule has 6 aliphatic heterocycles. The van der Waals surface area contributed by atoms with E-state index in [1.165, 1.54) is 16.7 Å². The average Bonchev–Trinajstić information content (AvgIpc) is 4.02. The van der Waals surface area contributed by atoms with Crippen LogP contribution in [0.4, 0.5) is 0 Å². The highest BCUT2D eigenvalue weighted by Crippen LogP contribution is 2.73. The third-order valence-corrected chi connectivity index (χ3v) is 13.6. The molecule has 10 aliphatic rings. The van der Waals surface area contributed by atoms with Gasteiger partial charge in [0, 0.05) is 32.9 Å². The summed E-state index contributed by atoms with van der Waals surface area (Å²) in [5.41, 5.74) is 2.83. The van der Waals surface area contributed by atoms with Crippen LogP contribution in [0.2, 0.25) is 0 Å². The molecule has 3 aromatic rings. The molecule has 12 heteroatoms. The van der Waals surface area contributed by atoms with Crippen LogP contribution in [0.1, 0.15) is 55.2 Å². The quantitative estimate of drug-likeness (QED) is 0.127. The fourth-order valence-corrected chi connectivity index (χ4v) is 11.0. The molecule has 0 radical (unpaired) electrons. The van der Waals surface area contributed by atoms with Gasteiger partial charge in [-0.2, -0.15) is 0 Å². The second kappa shape index (κ2) is 14.2. The summed E-state index contributed by atoms with van der Waals surface area (Å²) in [7, 11) is 0. The largest absolute Gasteiger partial charge is 0.487 e. The number of hydrogen-bond donors (Lipinski definition) is 0. The highest BCUT2D eigenvalue weighted by molar-refractivity contribution is 5.59. The summed E-state index contributed by atoms with van der Waals surface area (Å²) in [6.07, 6.45) is 6.57. The molecule has 4 bridgehead atoms. The molecule has 58 heavy (non-hydrogen) atoms. The Morgan fingerprint density at radius 1 is 0.379 bits per heavy atom. The van der Waals surface area contributed by atoms with Gasteiger partial charge in [0.1, 0.15) is 76.3 Å². The van der Waals surface area contributed by atoms with E-state index in [1.807, 2.05) is 18.2 Å². The molecular weight excluding hydrogens is 744 g/mol. The van der Waals surface area contributed by atoms with Gasteiger partial charge < -0.3 is 56.8 Å². The summed E-state index contributed by atoms with van der Waals surface area (Å²) >= 11 is 0. The predicted octanol–water partition coefficient (Wildman–Crippen LogP) is 5.46. The molecule has 308 valence electrons. The Hall–Kier alpha value is -3.78. The Kier molecular flexibility index (Phi) is 8.82. The van der Waals surface area contributed by atoms with Crippen molar-refractivity contribution in [2.24, 2.45) is 5.92 Å². The second-order valence-corrected chi connectivity index (χ2v) is 18.3. The van der Waals surface area contributed by atoms with E-state index in [2.05, 4.69) is 36.4 Å². The number of para-hydroxylation sites is 3. The van der Waals surface area contributed by atoms with Crippen LogP contribution < -0.4 is 28.4 Å². The summed E-state index contributed by atoms with van der Waals surface area (Å²) in [6, 6.07) is 19.5. The zero-order valence-electron chi connectivity index (χ0n) is 32.9. The molecule has 12 nitrogen and oxygen atoms in total. The molecule has 0 amide bonds. The number of rotatable bonds is 21. The van der Waals surface area contributed by atoms with Gasteiger partial charge in [0.05, 0.1) is 39.6 Å². The Balaban J connectivity index is 1.01. The minimum Gasteiger partial charge on any atom is -0.487 e. The first-order valence-electron chi connectivity index (χ1n) is 21.4. The Morgan fingerprint density at radius 3 is 0.897 bits per heavy atom. The molecule has 0 N–H and O–H groups in total. The Labute approximate surface area is 338 Å². The fraction of sp³-hybridized carbons (Fsp3) is 0.609. The van der Waals surface area contributed by atoms with E-state index in [1.54, 1.807) is 0 Å². The molecular formula is C46H52O12. The molecule has 3 aromatic carbocycles. The van der Waals surface area contributed by atoms with Crippen LogP contribution in [0.5, 0.6) is 34.5 Å². The lowest BCUT2D eigenvalue weighted by Gasteiger charge is -2.67. The van der Waals surface area contributed by atoms with Gasteiger partial charge in [-0.3, -0.25) is 0 Å². The van der Waals surface area contributed by atoms with Crippen molar-refractivity contribution in [2.45, 2.75) is 91.4 Å². The minimum absolute atomic E-state index is 0.0968. The highest BCUT2D eigenvalue weighted by atomic mass is 16.6. The molecule has 6 heterocycles. The number of epoxide rings is 6. The number of hydrogen-bond acceptors (Lipinski definition) is 12. The van der Waals surface area contributed by atoms with E-state index in [-0.39, 0.29) is 52.9 Å². The van der Waals surface area contributed by atoms with E-state index in [0.717, 1.165) is 92.8 Å². The minimum atomic E-state index is -0.264. The van der Waals surface area contributed by atoms with Gasteiger partial charge in [0.15, 0.2) is 34.5 Å². The molecule has 4 saturated carbocycles. The van der Waals surface area contributed by atoms with Gasteiger partial charge in [-0.1, -0.05) is 36.4 Å². The molecule has 13 rings (SSSR count). The maximum Gasteiger partial charge on any atom is 0.165 e. The molecule has 0 spiro atoms. The van der Waals surface area contributed by atoms with Gasteiger partial charge in [0.25, 0.3) is 0 Å². The second-order valence-electron chi connectivity index (χ2n) is 18.3. The van der Waals surface area contributed by atoms with E-state index in [0.29, 0.717) is 65.4 Å². The summed E-state index contributed by atoms with van der Waals surface area (Å²) in [5.74, 6) is 5.21. The normalized spacial score (nSPS) is 36.5. The zero-order chi connectivity index (χ0) is 38.3. The topological polar surface area (TPSA) is 131 Å². The van der Waals surface area contributed by atoms with E-state index < -0.39 is 0 Å². The smallest absolute Gasteiger partial charge is 0.165 e. The standard InChI is InChI=1S/C46H52O12/c1-4-35(41(56-22-32-16-50-32)38(7-1)53-19-29-13-47-29)44-10-28-11-45(25-44,36-5-2-8-39(54-20-30-14-48-30)42(36)57-23-33-17-51-33)27-46(12-28,26-44)37-6-3-9-40(55-21-31-15-49-31)43(37)58-24-34-18-52-34/h1-9,28-34H,10-27H2. The molecule has 10 fully saturated rings. The molecule has 6 unspecified atom stereocenters. The molecule has 0 aromatic heterocycles. The Morgan fingerprint density at radius 2 is 0.638 bits per heavy atom. The van der Waals surface area contributed by atoms with Crippen LogP contribution >= 0.6 is 0 Å². The predicted molar refractivity (Wildman–Crippen MR) is 207 cm³/mol. The van der Waals surface area contributed by atoms with E-state index in [9.17, 15) is 0 Å². The summed E-state index contributed by atoms with van der Waals surface area (Å²) < 4.78 is 73.7. The lowest BCUT2D eigenvalue weighted by atomic mass is 9.36. The Bertz CT molecular complexity index is 1780. The summed E-state index contributed by atoms with van der Waals surface area (Å²) in [5, 5.41) is 0. The molecule has 4 aliphatic carbocycles. The maximum absolute atomic E-state index is 6.83. The van der Waals surface area contributed by atoms with Gasteiger partial charge in [-0.25, -0.2) is 0 Å². The van der Waals surface area contributed by atoms with Gasteiger partial charge >= 0.3 is 0 Å². The average molecular weight is 797 g/mol. The van der Waals surface area contributed by atoms with Crippen molar-refractivity contribution in [3.05, 3.63) is 71.3 Å². The van der Waals surface area contributed by atoms with Crippen molar-refractivity contribution < 1.29 is 56.8 Å². The van der Waals surface area contributed by atoms with E-state index >= 15 is 0 Å². The number of benzene rings is 3. The van der Waals surface area contributed by atoms with Gasteiger partial charge in [-0.05, 0) is 62.6 Å².